The molecule has 35 heavy (non-hydrogen) atoms. The maximum Gasteiger partial charge on any atom is 0.312 e. The van der Waals surface area contributed by atoms with E-state index in [-0.39, 0.29) is 19.2 Å². The Morgan fingerprint density at radius 1 is 0.829 bits per heavy atom. The van der Waals surface area contributed by atoms with Gasteiger partial charge in [0.15, 0.2) is 6.79 Å². The minimum absolute atomic E-state index is 0.0647. The summed E-state index contributed by atoms with van der Waals surface area (Å²) in [6.07, 6.45) is 7.93. The molecule has 198 valence electrons. The molecule has 0 atom stereocenters. The van der Waals surface area contributed by atoms with Gasteiger partial charge in [-0.2, -0.15) is 0 Å². The van der Waals surface area contributed by atoms with Crippen molar-refractivity contribution in [1.29, 1.82) is 0 Å². The van der Waals surface area contributed by atoms with Crippen LogP contribution in [0.3, 0.4) is 0 Å². The number of anilines is 2. The van der Waals surface area contributed by atoms with Crippen molar-refractivity contribution in [3.63, 3.8) is 0 Å². The van der Waals surface area contributed by atoms with Gasteiger partial charge in [0.05, 0.1) is 22.2 Å². The highest BCUT2D eigenvalue weighted by Gasteiger charge is 2.11. The van der Waals surface area contributed by atoms with Crippen molar-refractivity contribution < 1.29 is 19.0 Å². The molecule has 0 aliphatic heterocycles. The predicted octanol–water partition coefficient (Wildman–Crippen LogP) is 8.84. The Labute approximate surface area is 222 Å². The number of carbonyl (C=O) groups is 1. The highest BCUT2D eigenvalue weighted by molar-refractivity contribution is 6.39. The molecule has 0 aliphatic rings. The van der Waals surface area contributed by atoms with Crippen LogP contribution in [-0.4, -0.2) is 33.1 Å². The zero-order valence-electron chi connectivity index (χ0n) is 22.0. The van der Waals surface area contributed by atoms with Crippen LogP contribution < -0.4 is 5.32 Å². The van der Waals surface area contributed by atoms with E-state index in [1.807, 2.05) is 24.3 Å². The molecule has 0 fully saturated rings. The van der Waals surface area contributed by atoms with Crippen LogP contribution in [0.5, 0.6) is 0 Å². The summed E-state index contributed by atoms with van der Waals surface area (Å²) in [4.78, 5) is 11.7. The number of para-hydroxylation sites is 2. The molecule has 0 saturated carbocycles. The monoisotopic (exact) mass is 527 g/mol. The Hall–Kier alpha value is -1.79. The van der Waals surface area contributed by atoms with Crippen LogP contribution >= 0.6 is 23.2 Å². The molecule has 0 unspecified atom stereocenters. The van der Waals surface area contributed by atoms with Crippen molar-refractivity contribution in [2.45, 2.75) is 72.6 Å². The van der Waals surface area contributed by atoms with E-state index >= 15 is 0 Å². The van der Waals surface area contributed by atoms with E-state index in [9.17, 15) is 4.79 Å². The van der Waals surface area contributed by atoms with E-state index in [0.29, 0.717) is 15.7 Å². The summed E-state index contributed by atoms with van der Waals surface area (Å²) in [5, 5.41) is 4.18. The summed E-state index contributed by atoms with van der Waals surface area (Å²) in [7, 11) is 1.46. The van der Waals surface area contributed by atoms with E-state index in [0.717, 1.165) is 37.3 Å². The third-order valence-corrected chi connectivity index (χ3v) is 5.20. The summed E-state index contributed by atoms with van der Waals surface area (Å²) in [6.45, 7) is 10.5. The molecule has 0 radical (unpaired) electrons. The average Bonchev–Trinajstić information content (AvgIpc) is 2.86. The smallest absolute Gasteiger partial charge is 0.312 e. The van der Waals surface area contributed by atoms with Crippen LogP contribution in [0, 0.1) is 0 Å². The molecule has 2 rings (SSSR count). The summed E-state index contributed by atoms with van der Waals surface area (Å²) in [5.74, 6) is -0.374. The van der Waals surface area contributed by atoms with Crippen molar-refractivity contribution >= 4 is 40.5 Å². The molecule has 2 aromatic rings. The molecule has 0 aromatic heterocycles. The Kier molecular flexibility index (Phi) is 21.5. The van der Waals surface area contributed by atoms with Crippen molar-refractivity contribution in [3.8, 4) is 0 Å². The highest BCUT2D eigenvalue weighted by Crippen LogP contribution is 2.33. The van der Waals surface area contributed by atoms with Crippen molar-refractivity contribution in [2.75, 3.05) is 32.4 Å². The Balaban J connectivity index is 0.000000733. The Bertz CT molecular complexity index is 774. The number of carbonyl (C=O) groups excluding carboxylic acids is 1. The summed E-state index contributed by atoms with van der Waals surface area (Å²) in [5.41, 5.74) is 2.12. The van der Waals surface area contributed by atoms with Crippen LogP contribution in [0.1, 0.15) is 71.8 Å². The minimum Gasteiger partial charge on any atom is -0.438 e. The van der Waals surface area contributed by atoms with Crippen molar-refractivity contribution in [2.24, 2.45) is 0 Å². The topological polar surface area (TPSA) is 56.8 Å². The maximum atomic E-state index is 11.7. The van der Waals surface area contributed by atoms with Crippen LogP contribution in [0.2, 0.25) is 10.0 Å². The van der Waals surface area contributed by atoms with E-state index < -0.39 is 0 Å². The van der Waals surface area contributed by atoms with Gasteiger partial charge in [0, 0.05) is 26.0 Å². The number of nitrogens with one attached hydrogen (secondary N) is 1. The molecule has 5 nitrogen and oxygen atoms in total. The van der Waals surface area contributed by atoms with E-state index in [4.69, 9.17) is 37.4 Å². The zero-order chi connectivity index (χ0) is 26.3. The zero-order valence-corrected chi connectivity index (χ0v) is 23.5. The second-order valence-corrected chi connectivity index (χ2v) is 8.61. The van der Waals surface area contributed by atoms with Gasteiger partial charge >= 0.3 is 5.97 Å². The van der Waals surface area contributed by atoms with Gasteiger partial charge in [0.2, 0.25) is 0 Å². The number of rotatable bonds is 13. The third-order valence-electron chi connectivity index (χ3n) is 4.57. The first kappa shape index (κ1) is 33.2. The molecule has 2 aromatic carbocycles. The van der Waals surface area contributed by atoms with Gasteiger partial charge in [-0.05, 0) is 36.6 Å². The molecule has 1 N–H and O–H groups in total. The van der Waals surface area contributed by atoms with Gasteiger partial charge in [0.1, 0.15) is 0 Å². The second kappa shape index (κ2) is 22.7. The summed E-state index contributed by atoms with van der Waals surface area (Å²) < 4.78 is 14.8. The Morgan fingerprint density at radius 2 is 1.40 bits per heavy atom. The minimum atomic E-state index is -0.374. The number of esters is 1. The van der Waals surface area contributed by atoms with Gasteiger partial charge in [-0.25, -0.2) is 0 Å². The number of ether oxygens (including phenoxy) is 3. The molecular weight excluding hydrogens is 485 g/mol. The van der Waals surface area contributed by atoms with Crippen molar-refractivity contribution in [3.05, 3.63) is 58.1 Å². The van der Waals surface area contributed by atoms with Gasteiger partial charge in [-0.15, -0.1) is 0 Å². The fourth-order valence-corrected chi connectivity index (χ4v) is 3.26. The predicted molar refractivity (Wildman–Crippen MR) is 149 cm³/mol. The average molecular weight is 529 g/mol. The second-order valence-electron chi connectivity index (χ2n) is 7.80. The van der Waals surface area contributed by atoms with Crippen molar-refractivity contribution in [1.82, 2.24) is 0 Å². The third kappa shape index (κ3) is 16.5. The largest absolute Gasteiger partial charge is 0.438 e. The first-order chi connectivity index (χ1) is 16.9. The molecule has 0 saturated heterocycles. The van der Waals surface area contributed by atoms with Gasteiger partial charge in [-0.3, -0.25) is 4.79 Å². The standard InChI is InChI=1S/C16H15Cl2NO3.C6H14O.C6H14/c1-21-10-22-15(20)9-11-5-2-3-8-14(11)19-16-12(17)6-4-7-13(16)18;1-3-5-7-6-4-2;1-3-5-6-4-2/h2-8,19H,9-10H2,1H3;3-6H2,1-2H3;3-6H2,1-2H3. The van der Waals surface area contributed by atoms with E-state index in [1.165, 1.54) is 32.8 Å². The van der Waals surface area contributed by atoms with E-state index in [2.05, 4.69) is 33.0 Å². The van der Waals surface area contributed by atoms with Gasteiger partial charge in [-0.1, -0.05) is 101 Å². The highest BCUT2D eigenvalue weighted by atomic mass is 35.5. The molecular formula is C28H43Cl2NO4. The lowest BCUT2D eigenvalue weighted by atomic mass is 10.1. The fourth-order valence-electron chi connectivity index (χ4n) is 2.77. The lowest BCUT2D eigenvalue weighted by Crippen LogP contribution is -2.11. The lowest BCUT2D eigenvalue weighted by molar-refractivity contribution is -0.153. The molecule has 0 amide bonds. The number of benzene rings is 2. The number of hydrogen-bond donors (Lipinski definition) is 1. The molecule has 0 bridgehead atoms. The van der Waals surface area contributed by atoms with Crippen LogP contribution in [0.4, 0.5) is 11.4 Å². The fraction of sp³-hybridized carbons (Fsp3) is 0.536. The molecule has 0 heterocycles. The Morgan fingerprint density at radius 3 is 1.91 bits per heavy atom. The van der Waals surface area contributed by atoms with Crippen LogP contribution in [-0.2, 0) is 25.4 Å². The van der Waals surface area contributed by atoms with Gasteiger partial charge < -0.3 is 19.5 Å². The normalized spacial score (nSPS) is 9.91. The lowest BCUT2D eigenvalue weighted by Gasteiger charge is -2.14. The first-order valence-electron chi connectivity index (χ1n) is 12.5. The summed E-state index contributed by atoms with van der Waals surface area (Å²) >= 11 is 12.3. The van der Waals surface area contributed by atoms with Crippen LogP contribution in [0.25, 0.3) is 0 Å². The number of methoxy groups -OCH3 is 1. The molecule has 0 spiro atoms. The number of unbranched alkanes of at least 4 members (excludes halogenated alkanes) is 3. The first-order valence-corrected chi connectivity index (χ1v) is 13.2. The number of halogens is 2. The maximum absolute atomic E-state index is 11.7. The quantitative estimate of drug-likeness (QED) is 0.160. The summed E-state index contributed by atoms with van der Waals surface area (Å²) in [6, 6.07) is 12.6. The van der Waals surface area contributed by atoms with Gasteiger partial charge in [0.25, 0.3) is 0 Å². The van der Waals surface area contributed by atoms with E-state index in [1.54, 1.807) is 18.2 Å². The molecule has 0 aliphatic carbocycles. The number of hydrogen-bond acceptors (Lipinski definition) is 5. The molecule has 7 heteroatoms. The van der Waals surface area contributed by atoms with Crippen LogP contribution in [0.15, 0.2) is 42.5 Å². The SMILES string of the molecule is CCCCCC.CCCOCCC.COCOC(=O)Cc1ccccc1Nc1c(Cl)cccc1Cl.